The molecule has 2 unspecified atom stereocenters. The maximum atomic E-state index is 13.4. The molecule has 0 amide bonds. The van der Waals surface area contributed by atoms with E-state index in [1.807, 2.05) is 0 Å². The average Bonchev–Trinajstić information content (AvgIpc) is 2.72. The number of benzene rings is 1. The van der Waals surface area contributed by atoms with Crippen LogP contribution in [-0.4, -0.2) is 54.1 Å². The van der Waals surface area contributed by atoms with Gasteiger partial charge < -0.3 is 10.0 Å². The molecule has 1 heterocycles. The first-order valence-electron chi connectivity index (χ1n) is 6.79. The third-order valence-corrected chi connectivity index (χ3v) is 3.98. The quantitative estimate of drug-likeness (QED) is 0.915. The molecule has 0 aliphatic carbocycles. The number of halogens is 1. The molecule has 20 heavy (non-hydrogen) atoms. The van der Waals surface area contributed by atoms with Gasteiger partial charge in [0.05, 0.1) is 5.56 Å². The van der Waals surface area contributed by atoms with Gasteiger partial charge in [-0.2, -0.15) is 0 Å². The molecular formula is C15H21FN2O2. The molecule has 0 spiro atoms. The van der Waals surface area contributed by atoms with Crippen molar-refractivity contribution in [1.82, 2.24) is 9.80 Å². The van der Waals surface area contributed by atoms with Crippen molar-refractivity contribution >= 4 is 5.97 Å². The minimum Gasteiger partial charge on any atom is -0.478 e. The Morgan fingerprint density at radius 1 is 1.45 bits per heavy atom. The highest BCUT2D eigenvalue weighted by atomic mass is 19.1. The number of hydrogen-bond acceptors (Lipinski definition) is 3. The Morgan fingerprint density at radius 2 is 2.15 bits per heavy atom. The molecule has 2 rings (SSSR count). The van der Waals surface area contributed by atoms with Crippen molar-refractivity contribution < 1.29 is 14.3 Å². The zero-order valence-electron chi connectivity index (χ0n) is 12.1. The van der Waals surface area contributed by atoms with E-state index in [0.29, 0.717) is 18.5 Å². The van der Waals surface area contributed by atoms with Crippen molar-refractivity contribution in [2.24, 2.45) is 5.92 Å². The summed E-state index contributed by atoms with van der Waals surface area (Å²) >= 11 is 0. The molecule has 1 saturated heterocycles. The molecule has 5 heteroatoms. The van der Waals surface area contributed by atoms with Crippen LogP contribution in [0.3, 0.4) is 0 Å². The van der Waals surface area contributed by atoms with Gasteiger partial charge in [-0.05, 0) is 37.7 Å². The first-order valence-corrected chi connectivity index (χ1v) is 6.79. The molecule has 0 bridgehead atoms. The van der Waals surface area contributed by atoms with Gasteiger partial charge in [0.2, 0.25) is 0 Å². The lowest BCUT2D eigenvalue weighted by atomic mass is 10.1. The van der Waals surface area contributed by atoms with E-state index in [0.717, 1.165) is 18.7 Å². The highest BCUT2D eigenvalue weighted by Gasteiger charge is 2.30. The number of rotatable bonds is 4. The van der Waals surface area contributed by atoms with Crippen molar-refractivity contribution in [3.05, 3.63) is 35.1 Å². The number of aromatic carboxylic acids is 1. The summed E-state index contributed by atoms with van der Waals surface area (Å²) in [6.45, 7) is 4.81. The molecule has 1 aliphatic heterocycles. The average molecular weight is 280 g/mol. The fourth-order valence-electron chi connectivity index (χ4n) is 2.94. The standard InChI is InChI=1S/C15H21FN2O2/c1-10-7-18(9-14(10)17(2)3)8-11-4-5-13(16)12(6-11)15(19)20/h4-6,10,14H,7-9H2,1-3H3,(H,19,20). The summed E-state index contributed by atoms with van der Waals surface area (Å²) in [7, 11) is 4.15. The Kier molecular flexibility index (Phi) is 4.40. The number of nitrogens with zero attached hydrogens (tertiary/aromatic N) is 2. The lowest BCUT2D eigenvalue weighted by Gasteiger charge is -2.22. The Labute approximate surface area is 118 Å². The smallest absolute Gasteiger partial charge is 0.338 e. The second-order valence-corrected chi connectivity index (χ2v) is 5.82. The molecule has 1 fully saturated rings. The van der Waals surface area contributed by atoms with Crippen LogP contribution in [0.4, 0.5) is 4.39 Å². The Hall–Kier alpha value is -1.46. The van der Waals surface area contributed by atoms with Gasteiger partial charge >= 0.3 is 5.97 Å². The molecule has 4 nitrogen and oxygen atoms in total. The van der Waals surface area contributed by atoms with Crippen LogP contribution >= 0.6 is 0 Å². The van der Waals surface area contributed by atoms with Gasteiger partial charge in [0, 0.05) is 25.7 Å². The van der Waals surface area contributed by atoms with E-state index in [2.05, 4.69) is 30.8 Å². The van der Waals surface area contributed by atoms with Crippen LogP contribution in [0.2, 0.25) is 0 Å². The monoisotopic (exact) mass is 280 g/mol. The fourth-order valence-corrected chi connectivity index (χ4v) is 2.94. The molecule has 110 valence electrons. The first-order chi connectivity index (χ1) is 9.38. The molecule has 0 saturated carbocycles. The van der Waals surface area contributed by atoms with Gasteiger partial charge in [-0.1, -0.05) is 13.0 Å². The molecule has 1 aliphatic rings. The van der Waals surface area contributed by atoms with E-state index in [-0.39, 0.29) is 5.56 Å². The predicted molar refractivity (Wildman–Crippen MR) is 75.3 cm³/mol. The fraction of sp³-hybridized carbons (Fsp3) is 0.533. The molecule has 1 N–H and O–H groups in total. The Balaban J connectivity index is 2.08. The second-order valence-electron chi connectivity index (χ2n) is 5.82. The minimum absolute atomic E-state index is 0.251. The summed E-state index contributed by atoms with van der Waals surface area (Å²) < 4.78 is 13.4. The van der Waals surface area contributed by atoms with Gasteiger partial charge in [0.15, 0.2) is 0 Å². The van der Waals surface area contributed by atoms with Crippen LogP contribution in [0.1, 0.15) is 22.8 Å². The number of likely N-dealkylation sites (N-methyl/N-ethyl adjacent to an activating group) is 1. The molecular weight excluding hydrogens is 259 g/mol. The van der Waals surface area contributed by atoms with E-state index >= 15 is 0 Å². The van der Waals surface area contributed by atoms with E-state index < -0.39 is 11.8 Å². The van der Waals surface area contributed by atoms with Gasteiger partial charge in [0.25, 0.3) is 0 Å². The second kappa shape index (κ2) is 5.89. The summed E-state index contributed by atoms with van der Waals surface area (Å²) in [4.78, 5) is 15.5. The summed E-state index contributed by atoms with van der Waals surface area (Å²) in [5.74, 6) is -1.32. The topological polar surface area (TPSA) is 43.8 Å². The van der Waals surface area contributed by atoms with Crippen molar-refractivity contribution in [2.75, 3.05) is 27.2 Å². The maximum absolute atomic E-state index is 13.4. The van der Waals surface area contributed by atoms with Gasteiger partial charge in [-0.25, -0.2) is 9.18 Å². The summed E-state index contributed by atoms with van der Waals surface area (Å²) in [5.41, 5.74) is 0.592. The SMILES string of the molecule is CC1CN(Cc2ccc(F)c(C(=O)O)c2)CC1N(C)C. The minimum atomic E-state index is -1.22. The number of carbonyl (C=O) groups is 1. The lowest BCUT2D eigenvalue weighted by molar-refractivity contribution is 0.0691. The van der Waals surface area contributed by atoms with Crippen molar-refractivity contribution in [2.45, 2.75) is 19.5 Å². The third-order valence-electron chi connectivity index (χ3n) is 3.98. The zero-order chi connectivity index (χ0) is 14.9. The van der Waals surface area contributed by atoms with Crippen molar-refractivity contribution in [3.8, 4) is 0 Å². The van der Waals surface area contributed by atoms with Gasteiger partial charge in [-0.3, -0.25) is 4.90 Å². The van der Waals surface area contributed by atoms with Crippen LogP contribution in [0.25, 0.3) is 0 Å². The molecule has 1 aromatic rings. The van der Waals surface area contributed by atoms with Crippen LogP contribution in [-0.2, 0) is 6.54 Å². The van der Waals surface area contributed by atoms with E-state index in [1.54, 1.807) is 6.07 Å². The van der Waals surface area contributed by atoms with E-state index in [9.17, 15) is 9.18 Å². The zero-order valence-corrected chi connectivity index (χ0v) is 12.1. The highest BCUT2D eigenvalue weighted by molar-refractivity contribution is 5.88. The highest BCUT2D eigenvalue weighted by Crippen LogP contribution is 2.22. The normalized spacial score (nSPS) is 23.4. The Morgan fingerprint density at radius 3 is 2.70 bits per heavy atom. The van der Waals surface area contributed by atoms with E-state index in [4.69, 9.17) is 5.11 Å². The van der Waals surface area contributed by atoms with Crippen LogP contribution in [0.15, 0.2) is 18.2 Å². The van der Waals surface area contributed by atoms with E-state index in [1.165, 1.54) is 12.1 Å². The molecule has 2 atom stereocenters. The third kappa shape index (κ3) is 3.16. The number of carboxylic acids is 1. The van der Waals surface area contributed by atoms with Gasteiger partial charge in [0.1, 0.15) is 5.82 Å². The first kappa shape index (κ1) is 14.9. The van der Waals surface area contributed by atoms with Crippen LogP contribution in [0.5, 0.6) is 0 Å². The van der Waals surface area contributed by atoms with Crippen molar-refractivity contribution in [3.63, 3.8) is 0 Å². The largest absolute Gasteiger partial charge is 0.478 e. The Bertz CT molecular complexity index is 505. The predicted octanol–water partition coefficient (Wildman–Crippen LogP) is 1.91. The van der Waals surface area contributed by atoms with Crippen LogP contribution < -0.4 is 0 Å². The summed E-state index contributed by atoms with van der Waals surface area (Å²) in [6, 6.07) is 4.84. The maximum Gasteiger partial charge on any atom is 0.338 e. The molecule has 0 aromatic heterocycles. The summed E-state index contributed by atoms with van der Waals surface area (Å²) in [5, 5.41) is 8.95. The van der Waals surface area contributed by atoms with Crippen molar-refractivity contribution in [1.29, 1.82) is 0 Å². The summed E-state index contributed by atoms with van der Waals surface area (Å²) in [6.07, 6.45) is 0. The lowest BCUT2D eigenvalue weighted by Crippen LogP contribution is -2.34. The number of carboxylic acid groups (broad SMARTS) is 1. The number of likely N-dealkylation sites (tertiary alicyclic amines) is 1. The number of hydrogen-bond donors (Lipinski definition) is 1. The van der Waals surface area contributed by atoms with Gasteiger partial charge in [-0.15, -0.1) is 0 Å². The van der Waals surface area contributed by atoms with Crippen LogP contribution in [0, 0.1) is 11.7 Å². The molecule has 0 radical (unpaired) electrons. The molecule has 1 aromatic carbocycles.